The summed E-state index contributed by atoms with van der Waals surface area (Å²) in [4.78, 5) is 19.9. The van der Waals surface area contributed by atoms with Crippen LogP contribution in [0.5, 0.6) is 0 Å². The van der Waals surface area contributed by atoms with Crippen molar-refractivity contribution in [2.75, 3.05) is 55.0 Å². The Morgan fingerprint density at radius 3 is 2.56 bits per heavy atom. The monoisotopic (exact) mass is 358 g/mol. The molecule has 2 aromatic heterocycles. The van der Waals surface area contributed by atoms with Gasteiger partial charge in [0.05, 0.1) is 0 Å². The number of hydrogen-bond acceptors (Lipinski definition) is 7. The number of nitrogens with zero attached hydrogens (tertiary/aromatic N) is 6. The van der Waals surface area contributed by atoms with E-state index >= 15 is 0 Å². The third-order valence-electron chi connectivity index (χ3n) is 4.26. The number of piperazine rings is 1. The lowest BCUT2D eigenvalue weighted by Gasteiger charge is -2.34. The number of benzene rings is 1. The number of fused-ring (bicyclic) bond motifs is 1. The molecule has 3 heterocycles. The molecule has 0 atom stereocenters. The van der Waals surface area contributed by atoms with Gasteiger partial charge in [0.15, 0.2) is 5.58 Å². The lowest BCUT2D eigenvalue weighted by molar-refractivity contribution is 0.539. The van der Waals surface area contributed by atoms with Crippen LogP contribution in [0.25, 0.3) is 11.1 Å². The van der Waals surface area contributed by atoms with Gasteiger partial charge in [-0.1, -0.05) is 11.6 Å². The second-order valence-electron chi connectivity index (χ2n) is 6.19. The molecule has 4 rings (SSSR count). The van der Waals surface area contributed by atoms with Crippen LogP contribution in [0.1, 0.15) is 0 Å². The van der Waals surface area contributed by atoms with E-state index in [9.17, 15) is 0 Å². The van der Waals surface area contributed by atoms with Gasteiger partial charge in [0.25, 0.3) is 6.01 Å². The molecule has 0 radical (unpaired) electrons. The van der Waals surface area contributed by atoms with Crippen LogP contribution in [0.4, 0.5) is 17.8 Å². The largest absolute Gasteiger partial charge is 0.423 e. The topological polar surface area (TPSA) is 61.5 Å². The predicted molar refractivity (Wildman–Crippen MR) is 99.8 cm³/mol. The van der Waals surface area contributed by atoms with Crippen LogP contribution in [0.15, 0.2) is 34.9 Å². The first-order valence-corrected chi connectivity index (χ1v) is 8.54. The van der Waals surface area contributed by atoms with Crippen LogP contribution in [0.2, 0.25) is 5.02 Å². The summed E-state index contributed by atoms with van der Waals surface area (Å²) in [6.07, 6.45) is 1.80. The average Bonchev–Trinajstić information content (AvgIpc) is 3.05. The Hall–Kier alpha value is -2.54. The second-order valence-corrected chi connectivity index (χ2v) is 6.63. The number of rotatable bonds is 3. The van der Waals surface area contributed by atoms with Crippen molar-refractivity contribution < 1.29 is 4.42 Å². The zero-order valence-corrected chi connectivity index (χ0v) is 14.9. The zero-order valence-electron chi connectivity index (χ0n) is 14.2. The molecule has 130 valence electrons. The minimum atomic E-state index is 0.639. The molecule has 0 amide bonds. The highest BCUT2D eigenvalue weighted by Gasteiger charge is 2.23. The minimum absolute atomic E-state index is 0.639. The van der Waals surface area contributed by atoms with Crippen molar-refractivity contribution in [2.45, 2.75) is 0 Å². The molecule has 1 aromatic carbocycles. The minimum Gasteiger partial charge on any atom is -0.423 e. The van der Waals surface area contributed by atoms with E-state index in [0.717, 1.165) is 49.0 Å². The van der Waals surface area contributed by atoms with Gasteiger partial charge < -0.3 is 19.1 Å². The Bertz CT molecular complexity index is 888. The summed E-state index contributed by atoms with van der Waals surface area (Å²) >= 11 is 6.02. The smallest absolute Gasteiger partial charge is 0.298 e. The fourth-order valence-electron chi connectivity index (χ4n) is 2.86. The van der Waals surface area contributed by atoms with E-state index in [0.29, 0.717) is 11.0 Å². The van der Waals surface area contributed by atoms with Crippen molar-refractivity contribution in [3.63, 3.8) is 0 Å². The van der Waals surface area contributed by atoms with Gasteiger partial charge in [-0.15, -0.1) is 0 Å². The maximum atomic E-state index is 6.02. The quantitative estimate of drug-likeness (QED) is 0.713. The van der Waals surface area contributed by atoms with E-state index in [1.165, 1.54) is 0 Å². The van der Waals surface area contributed by atoms with E-state index in [1.54, 1.807) is 6.20 Å². The lowest BCUT2D eigenvalue weighted by atomic mass is 10.3. The Kier molecular flexibility index (Phi) is 4.09. The van der Waals surface area contributed by atoms with Crippen molar-refractivity contribution >= 4 is 40.5 Å². The van der Waals surface area contributed by atoms with Crippen molar-refractivity contribution in [3.05, 3.63) is 35.5 Å². The molecule has 7 nitrogen and oxygen atoms in total. The van der Waals surface area contributed by atoms with E-state index in [-0.39, 0.29) is 0 Å². The molecular weight excluding hydrogens is 340 g/mol. The van der Waals surface area contributed by atoms with Gasteiger partial charge in [-0.3, -0.25) is 0 Å². The molecule has 1 saturated heterocycles. The first-order chi connectivity index (χ1) is 12.1. The van der Waals surface area contributed by atoms with E-state index in [1.807, 2.05) is 43.3 Å². The van der Waals surface area contributed by atoms with E-state index < -0.39 is 0 Å². The third kappa shape index (κ3) is 3.19. The van der Waals surface area contributed by atoms with Gasteiger partial charge in [-0.25, -0.2) is 4.98 Å². The summed E-state index contributed by atoms with van der Waals surface area (Å²) < 4.78 is 5.85. The number of anilines is 3. The molecule has 1 fully saturated rings. The van der Waals surface area contributed by atoms with Crippen LogP contribution >= 0.6 is 11.6 Å². The summed E-state index contributed by atoms with van der Waals surface area (Å²) in [7, 11) is 3.95. The van der Waals surface area contributed by atoms with Gasteiger partial charge in [-0.2, -0.15) is 9.97 Å². The molecule has 0 unspecified atom stereocenters. The first-order valence-electron chi connectivity index (χ1n) is 8.16. The van der Waals surface area contributed by atoms with Gasteiger partial charge in [0.1, 0.15) is 11.3 Å². The molecule has 0 N–H and O–H groups in total. The fraction of sp³-hybridized carbons (Fsp3) is 0.353. The maximum absolute atomic E-state index is 6.02. The van der Waals surface area contributed by atoms with Gasteiger partial charge in [0.2, 0.25) is 5.95 Å². The molecule has 0 saturated carbocycles. The second kappa shape index (κ2) is 6.40. The average molecular weight is 359 g/mol. The normalized spacial score (nSPS) is 15.0. The molecular formula is C17H19ClN6O. The highest BCUT2D eigenvalue weighted by molar-refractivity contribution is 6.31. The SMILES string of the molecule is CN(C)c1ccnc(N2CCN(c3nc4cc(Cl)ccc4o3)CC2)n1. The molecule has 8 heteroatoms. The van der Waals surface area contributed by atoms with Crippen molar-refractivity contribution in [1.82, 2.24) is 15.0 Å². The molecule has 25 heavy (non-hydrogen) atoms. The third-order valence-corrected chi connectivity index (χ3v) is 4.49. The molecule has 0 aliphatic carbocycles. The van der Waals surface area contributed by atoms with Crippen LogP contribution < -0.4 is 14.7 Å². The molecule has 0 bridgehead atoms. The molecule has 1 aliphatic rings. The Morgan fingerprint density at radius 1 is 1.04 bits per heavy atom. The molecule has 0 spiro atoms. The Morgan fingerprint density at radius 2 is 1.80 bits per heavy atom. The van der Waals surface area contributed by atoms with Crippen LogP contribution in [0, 0.1) is 0 Å². The van der Waals surface area contributed by atoms with Crippen molar-refractivity contribution in [3.8, 4) is 0 Å². The van der Waals surface area contributed by atoms with E-state index in [4.69, 9.17) is 16.0 Å². The molecule has 1 aliphatic heterocycles. The summed E-state index contributed by atoms with van der Waals surface area (Å²) in [5.41, 5.74) is 1.54. The number of oxazole rings is 1. The van der Waals surface area contributed by atoms with Crippen molar-refractivity contribution in [1.29, 1.82) is 0 Å². The Balaban J connectivity index is 1.48. The number of halogens is 1. The van der Waals surface area contributed by atoms with Crippen molar-refractivity contribution in [2.24, 2.45) is 0 Å². The fourth-order valence-corrected chi connectivity index (χ4v) is 3.03. The Labute approximate surface area is 150 Å². The van der Waals surface area contributed by atoms with Crippen LogP contribution in [0.3, 0.4) is 0 Å². The summed E-state index contributed by atoms with van der Waals surface area (Å²) in [5.74, 6) is 1.67. The maximum Gasteiger partial charge on any atom is 0.298 e. The number of aromatic nitrogens is 3. The molecule has 3 aromatic rings. The van der Waals surface area contributed by atoms with Crippen LogP contribution in [-0.4, -0.2) is 55.2 Å². The summed E-state index contributed by atoms with van der Waals surface area (Å²) in [5, 5.41) is 0.662. The number of hydrogen-bond donors (Lipinski definition) is 0. The van der Waals surface area contributed by atoms with Gasteiger partial charge in [0, 0.05) is 51.5 Å². The lowest BCUT2D eigenvalue weighted by Crippen LogP contribution is -2.47. The van der Waals surface area contributed by atoms with E-state index in [2.05, 4.69) is 24.8 Å². The van der Waals surface area contributed by atoms with Crippen LogP contribution in [-0.2, 0) is 0 Å². The summed E-state index contributed by atoms with van der Waals surface area (Å²) in [6.45, 7) is 3.24. The standard InChI is InChI=1S/C17H19ClN6O/c1-22(2)15-5-6-19-16(21-15)23-7-9-24(10-8-23)17-20-13-11-12(18)3-4-14(13)25-17/h3-6,11H,7-10H2,1-2H3. The first kappa shape index (κ1) is 16.0. The summed E-state index contributed by atoms with van der Waals surface area (Å²) in [6, 6.07) is 8.03. The predicted octanol–water partition coefficient (Wildman–Crippen LogP) is 2.66. The zero-order chi connectivity index (χ0) is 17.4. The highest BCUT2D eigenvalue weighted by Crippen LogP contribution is 2.25. The van der Waals surface area contributed by atoms with Gasteiger partial charge in [-0.05, 0) is 24.3 Å². The highest BCUT2D eigenvalue weighted by atomic mass is 35.5. The van der Waals surface area contributed by atoms with Gasteiger partial charge >= 0.3 is 0 Å².